The lowest BCUT2D eigenvalue weighted by Gasteiger charge is -2.15. The molecule has 0 spiro atoms. The smallest absolute Gasteiger partial charge is 0.00101 e. The van der Waals surface area contributed by atoms with Crippen LogP contribution in [0.5, 0.6) is 0 Å². The third kappa shape index (κ3) is 7.08. The van der Waals surface area contributed by atoms with Crippen molar-refractivity contribution in [2.75, 3.05) is 19.6 Å². The fourth-order valence-electron chi connectivity index (χ4n) is 2.97. The predicted octanol–water partition coefficient (Wildman–Crippen LogP) is 4.86. The molecule has 0 bridgehead atoms. The summed E-state index contributed by atoms with van der Waals surface area (Å²) in [5.74, 6) is 1.03. The largest absolute Gasteiger partial charge is 0.303 e. The van der Waals surface area contributed by atoms with E-state index in [1.165, 1.54) is 83.8 Å². The van der Waals surface area contributed by atoms with E-state index >= 15 is 0 Å². The third-order valence-corrected chi connectivity index (χ3v) is 4.16. The summed E-state index contributed by atoms with van der Waals surface area (Å²) < 4.78 is 0. The Bertz CT molecular complexity index is 149. The molecule has 1 aliphatic heterocycles. The maximum absolute atomic E-state index is 2.71. The first-order valence-corrected chi connectivity index (χ1v) is 8.09. The van der Waals surface area contributed by atoms with E-state index in [0.29, 0.717) is 0 Å². The van der Waals surface area contributed by atoms with E-state index in [0.717, 1.165) is 5.92 Å². The van der Waals surface area contributed by atoms with Crippen molar-refractivity contribution in [3.05, 3.63) is 0 Å². The van der Waals surface area contributed by atoms with Gasteiger partial charge in [0.2, 0.25) is 0 Å². The molecule has 1 nitrogen and oxygen atoms in total. The van der Waals surface area contributed by atoms with Gasteiger partial charge in [-0.15, -0.1) is 0 Å². The van der Waals surface area contributed by atoms with Crippen LogP contribution in [0.1, 0.15) is 78.1 Å². The van der Waals surface area contributed by atoms with Crippen LogP contribution in [0.4, 0.5) is 0 Å². The van der Waals surface area contributed by atoms with Gasteiger partial charge in [-0.05, 0) is 38.3 Å². The van der Waals surface area contributed by atoms with Crippen molar-refractivity contribution in [2.45, 2.75) is 78.1 Å². The number of likely N-dealkylation sites (tertiary alicyclic amines) is 1. The summed E-state index contributed by atoms with van der Waals surface area (Å²) in [6.07, 6.45) is 14.4. The number of hydrogen-bond donors (Lipinski definition) is 0. The Balaban J connectivity index is 1.95. The molecule has 0 aromatic carbocycles. The molecule has 0 aliphatic carbocycles. The molecule has 0 radical (unpaired) electrons. The van der Waals surface area contributed by atoms with Gasteiger partial charge in [-0.3, -0.25) is 0 Å². The first-order valence-electron chi connectivity index (χ1n) is 8.09. The van der Waals surface area contributed by atoms with Crippen molar-refractivity contribution in [3.8, 4) is 0 Å². The number of nitrogens with zero attached hydrogens (tertiary/aromatic N) is 1. The minimum Gasteiger partial charge on any atom is -0.303 e. The van der Waals surface area contributed by atoms with E-state index < -0.39 is 0 Å². The number of hydrogen-bond acceptors (Lipinski definition) is 1. The van der Waals surface area contributed by atoms with Crippen LogP contribution >= 0.6 is 0 Å². The normalized spacial score (nSPS) is 21.2. The number of rotatable bonds is 10. The van der Waals surface area contributed by atoms with Gasteiger partial charge in [-0.1, -0.05) is 58.8 Å². The summed E-state index contributed by atoms with van der Waals surface area (Å²) in [6, 6.07) is 0. The molecule has 0 saturated carbocycles. The van der Waals surface area contributed by atoms with Crippen LogP contribution in [0.3, 0.4) is 0 Å². The quantitative estimate of drug-likeness (QED) is 0.492. The zero-order valence-electron chi connectivity index (χ0n) is 12.2. The summed E-state index contributed by atoms with van der Waals surface area (Å²) in [7, 11) is 0. The van der Waals surface area contributed by atoms with Crippen LogP contribution in [0, 0.1) is 5.92 Å². The molecular formula is C16H33N. The standard InChI is InChI=1S/C16H33N/c1-3-5-7-9-11-16-12-14-17(15-16)13-10-8-6-4-2/h16H,3-15H2,1-2H3. The van der Waals surface area contributed by atoms with Gasteiger partial charge < -0.3 is 4.90 Å². The minimum absolute atomic E-state index is 1.03. The fraction of sp³-hybridized carbons (Fsp3) is 1.00. The van der Waals surface area contributed by atoms with Gasteiger partial charge >= 0.3 is 0 Å². The van der Waals surface area contributed by atoms with E-state index in [1.807, 2.05) is 0 Å². The molecule has 17 heavy (non-hydrogen) atoms. The maximum atomic E-state index is 2.71. The second-order valence-electron chi connectivity index (χ2n) is 5.87. The second kappa shape index (κ2) is 9.94. The lowest BCUT2D eigenvalue weighted by molar-refractivity contribution is 0.310. The van der Waals surface area contributed by atoms with Gasteiger partial charge in [0.1, 0.15) is 0 Å². The highest BCUT2D eigenvalue weighted by Gasteiger charge is 2.20. The van der Waals surface area contributed by atoms with Gasteiger partial charge in [0.15, 0.2) is 0 Å². The topological polar surface area (TPSA) is 3.24 Å². The first kappa shape index (κ1) is 15.0. The van der Waals surface area contributed by atoms with Gasteiger partial charge in [0.05, 0.1) is 0 Å². The SMILES string of the molecule is CCCCCCC1CCN(CCCCCC)C1. The van der Waals surface area contributed by atoms with Crippen LogP contribution in [0.2, 0.25) is 0 Å². The molecular weight excluding hydrogens is 206 g/mol. The van der Waals surface area contributed by atoms with Crippen molar-refractivity contribution < 1.29 is 0 Å². The van der Waals surface area contributed by atoms with Crippen LogP contribution in [-0.4, -0.2) is 24.5 Å². The van der Waals surface area contributed by atoms with Gasteiger partial charge in [-0.25, -0.2) is 0 Å². The molecule has 1 rings (SSSR count). The Labute approximate surface area is 109 Å². The molecule has 1 heterocycles. The van der Waals surface area contributed by atoms with Crippen LogP contribution in [0.25, 0.3) is 0 Å². The molecule has 1 aliphatic rings. The summed E-state index contributed by atoms with van der Waals surface area (Å²) >= 11 is 0. The highest BCUT2D eigenvalue weighted by molar-refractivity contribution is 4.75. The molecule has 0 amide bonds. The van der Waals surface area contributed by atoms with Gasteiger partial charge in [0.25, 0.3) is 0 Å². The summed E-state index contributed by atoms with van der Waals surface area (Å²) in [5, 5.41) is 0. The molecule has 1 unspecified atom stereocenters. The predicted molar refractivity (Wildman–Crippen MR) is 77.4 cm³/mol. The van der Waals surface area contributed by atoms with Crippen molar-refractivity contribution in [3.63, 3.8) is 0 Å². The summed E-state index contributed by atoms with van der Waals surface area (Å²) in [4.78, 5) is 2.71. The molecule has 1 fully saturated rings. The highest BCUT2D eigenvalue weighted by Crippen LogP contribution is 2.22. The average molecular weight is 239 g/mol. The monoisotopic (exact) mass is 239 g/mol. The average Bonchev–Trinajstić information content (AvgIpc) is 2.78. The molecule has 0 aromatic heterocycles. The Hall–Kier alpha value is -0.0400. The number of unbranched alkanes of at least 4 members (excludes halogenated alkanes) is 6. The lowest BCUT2D eigenvalue weighted by Crippen LogP contribution is -2.21. The Morgan fingerprint density at radius 2 is 1.59 bits per heavy atom. The first-order chi connectivity index (χ1) is 8.36. The van der Waals surface area contributed by atoms with Crippen LogP contribution in [0.15, 0.2) is 0 Å². The Morgan fingerprint density at radius 1 is 0.882 bits per heavy atom. The zero-order valence-corrected chi connectivity index (χ0v) is 12.2. The van der Waals surface area contributed by atoms with Crippen LogP contribution < -0.4 is 0 Å². The Morgan fingerprint density at radius 3 is 2.29 bits per heavy atom. The van der Waals surface area contributed by atoms with Gasteiger partial charge in [0, 0.05) is 6.54 Å². The molecule has 0 aromatic rings. The van der Waals surface area contributed by atoms with E-state index in [1.54, 1.807) is 0 Å². The third-order valence-electron chi connectivity index (χ3n) is 4.16. The Kier molecular flexibility index (Phi) is 8.78. The van der Waals surface area contributed by atoms with Crippen molar-refractivity contribution in [1.82, 2.24) is 4.90 Å². The maximum Gasteiger partial charge on any atom is 0.00101 e. The fourth-order valence-corrected chi connectivity index (χ4v) is 2.97. The second-order valence-corrected chi connectivity index (χ2v) is 5.87. The molecule has 0 N–H and O–H groups in total. The molecule has 1 saturated heterocycles. The summed E-state index contributed by atoms with van der Waals surface area (Å²) in [6.45, 7) is 8.74. The van der Waals surface area contributed by atoms with Crippen molar-refractivity contribution in [1.29, 1.82) is 0 Å². The van der Waals surface area contributed by atoms with E-state index in [9.17, 15) is 0 Å². The molecule has 102 valence electrons. The minimum atomic E-state index is 1.03. The molecule has 1 heteroatoms. The van der Waals surface area contributed by atoms with Crippen molar-refractivity contribution in [2.24, 2.45) is 5.92 Å². The van der Waals surface area contributed by atoms with Crippen molar-refractivity contribution >= 4 is 0 Å². The summed E-state index contributed by atoms with van der Waals surface area (Å²) in [5.41, 5.74) is 0. The highest BCUT2D eigenvalue weighted by atomic mass is 15.1. The van der Waals surface area contributed by atoms with E-state index in [4.69, 9.17) is 0 Å². The molecule has 1 atom stereocenters. The lowest BCUT2D eigenvalue weighted by atomic mass is 10.0. The van der Waals surface area contributed by atoms with Crippen LogP contribution in [-0.2, 0) is 0 Å². The van der Waals surface area contributed by atoms with Gasteiger partial charge in [-0.2, -0.15) is 0 Å². The van der Waals surface area contributed by atoms with E-state index in [-0.39, 0.29) is 0 Å². The zero-order chi connectivity index (χ0) is 12.3. The van der Waals surface area contributed by atoms with E-state index in [2.05, 4.69) is 18.7 Å².